The molecule has 6 heteroatoms. The van der Waals surface area contributed by atoms with Gasteiger partial charge in [-0.2, -0.15) is 10.4 Å². The maximum atomic E-state index is 8.94. The Morgan fingerprint density at radius 2 is 2.07 bits per heavy atom. The van der Waals surface area contributed by atoms with Gasteiger partial charge in [-0.15, -0.1) is 0 Å². The highest BCUT2D eigenvalue weighted by molar-refractivity contribution is 5.64. The van der Waals surface area contributed by atoms with Gasteiger partial charge in [-0.05, 0) is 7.05 Å². The molecule has 1 fully saturated rings. The van der Waals surface area contributed by atoms with Gasteiger partial charge < -0.3 is 15.5 Å². The van der Waals surface area contributed by atoms with Gasteiger partial charge in [0.1, 0.15) is 17.5 Å². The van der Waals surface area contributed by atoms with Crippen molar-refractivity contribution >= 4 is 11.6 Å². The minimum absolute atomic E-state index is 0.284. The topological polar surface area (TPSA) is 85.0 Å². The van der Waals surface area contributed by atoms with Crippen molar-refractivity contribution in [3.05, 3.63) is 5.56 Å². The summed E-state index contributed by atoms with van der Waals surface area (Å²) in [6.07, 6.45) is 0. The molecule has 3 N–H and O–H groups in total. The van der Waals surface area contributed by atoms with E-state index >= 15 is 0 Å². The number of piperazine rings is 1. The fourth-order valence-corrected chi connectivity index (χ4v) is 1.72. The number of nitrogen functional groups attached to an aromatic ring is 1. The molecule has 80 valence electrons. The molecule has 0 unspecified atom stereocenters. The molecule has 2 rings (SSSR count). The number of rotatable bonds is 1. The van der Waals surface area contributed by atoms with Crippen LogP contribution in [0.15, 0.2) is 0 Å². The Kier molecular flexibility index (Phi) is 2.47. The summed E-state index contributed by atoms with van der Waals surface area (Å²) in [4.78, 5) is 4.37. The van der Waals surface area contributed by atoms with Crippen molar-refractivity contribution in [3.8, 4) is 6.07 Å². The average Bonchev–Trinajstić information content (AvgIpc) is 2.61. The predicted molar refractivity (Wildman–Crippen MR) is 57.4 cm³/mol. The van der Waals surface area contributed by atoms with Crippen LogP contribution < -0.4 is 10.6 Å². The molecule has 1 aliphatic heterocycles. The number of H-pyrrole nitrogens is 1. The van der Waals surface area contributed by atoms with Crippen molar-refractivity contribution in [2.45, 2.75) is 0 Å². The third-order valence-electron chi connectivity index (χ3n) is 2.71. The van der Waals surface area contributed by atoms with Crippen LogP contribution >= 0.6 is 0 Å². The van der Waals surface area contributed by atoms with Crippen LogP contribution in [0.1, 0.15) is 5.56 Å². The third-order valence-corrected chi connectivity index (χ3v) is 2.71. The highest BCUT2D eigenvalue weighted by atomic mass is 15.3. The molecule has 2 heterocycles. The number of nitrogens with two attached hydrogens (primary N) is 1. The zero-order valence-corrected chi connectivity index (χ0v) is 8.69. The minimum atomic E-state index is 0.284. The highest BCUT2D eigenvalue weighted by Gasteiger charge is 2.20. The van der Waals surface area contributed by atoms with E-state index in [2.05, 4.69) is 33.1 Å². The Hall–Kier alpha value is -1.74. The zero-order valence-electron chi connectivity index (χ0n) is 8.69. The van der Waals surface area contributed by atoms with Gasteiger partial charge in [0.05, 0.1) is 0 Å². The smallest absolute Gasteiger partial charge is 0.165 e. The minimum Gasteiger partial charge on any atom is -0.381 e. The first-order valence-corrected chi connectivity index (χ1v) is 4.90. The third kappa shape index (κ3) is 1.74. The van der Waals surface area contributed by atoms with Crippen LogP contribution in [0.25, 0.3) is 0 Å². The lowest BCUT2D eigenvalue weighted by Crippen LogP contribution is -2.44. The molecule has 0 amide bonds. The van der Waals surface area contributed by atoms with E-state index in [1.165, 1.54) is 0 Å². The molecule has 1 aromatic heterocycles. The number of hydrogen-bond donors (Lipinski definition) is 2. The molecule has 0 bridgehead atoms. The maximum Gasteiger partial charge on any atom is 0.165 e. The van der Waals surface area contributed by atoms with E-state index in [4.69, 9.17) is 11.0 Å². The number of nitrogens with zero attached hydrogens (tertiary/aromatic N) is 4. The van der Waals surface area contributed by atoms with E-state index < -0.39 is 0 Å². The first-order valence-electron chi connectivity index (χ1n) is 4.90. The summed E-state index contributed by atoms with van der Waals surface area (Å²) in [6, 6.07) is 2.08. The zero-order chi connectivity index (χ0) is 10.8. The summed E-state index contributed by atoms with van der Waals surface area (Å²) >= 11 is 0. The molecule has 1 saturated heterocycles. The van der Waals surface area contributed by atoms with Gasteiger partial charge in [0.2, 0.25) is 0 Å². The summed E-state index contributed by atoms with van der Waals surface area (Å²) in [5.41, 5.74) is 6.04. The lowest BCUT2D eigenvalue weighted by atomic mass is 10.2. The summed E-state index contributed by atoms with van der Waals surface area (Å²) in [6.45, 7) is 3.77. The van der Waals surface area contributed by atoms with Crippen LogP contribution in [0.5, 0.6) is 0 Å². The fourth-order valence-electron chi connectivity index (χ4n) is 1.72. The number of anilines is 2. The van der Waals surface area contributed by atoms with Gasteiger partial charge in [0.15, 0.2) is 5.82 Å². The summed E-state index contributed by atoms with van der Waals surface area (Å²) in [5.74, 6) is 1.04. The van der Waals surface area contributed by atoms with E-state index in [1.807, 2.05) is 0 Å². The second-order valence-corrected chi connectivity index (χ2v) is 3.73. The Labute approximate surface area is 88.3 Å². The number of likely N-dealkylation sites (N-methyl/N-ethyl adjacent to an activating group) is 1. The molecule has 0 saturated carbocycles. The number of aromatic amines is 1. The van der Waals surface area contributed by atoms with Crippen molar-refractivity contribution < 1.29 is 0 Å². The monoisotopic (exact) mass is 206 g/mol. The first-order chi connectivity index (χ1) is 7.22. The van der Waals surface area contributed by atoms with Gasteiger partial charge in [-0.1, -0.05) is 0 Å². The molecular formula is C9H14N6. The van der Waals surface area contributed by atoms with Gasteiger partial charge in [-0.3, -0.25) is 5.10 Å². The van der Waals surface area contributed by atoms with Crippen molar-refractivity contribution in [1.82, 2.24) is 15.1 Å². The molecule has 0 radical (unpaired) electrons. The van der Waals surface area contributed by atoms with Gasteiger partial charge in [0.25, 0.3) is 0 Å². The molecule has 1 aliphatic rings. The van der Waals surface area contributed by atoms with Gasteiger partial charge in [0, 0.05) is 26.2 Å². The van der Waals surface area contributed by atoms with E-state index in [0.717, 1.165) is 32.0 Å². The lowest BCUT2D eigenvalue weighted by molar-refractivity contribution is 0.312. The number of nitrogens with one attached hydrogen (secondary N) is 1. The fraction of sp³-hybridized carbons (Fsp3) is 0.556. The molecule has 1 aromatic rings. The highest BCUT2D eigenvalue weighted by Crippen LogP contribution is 2.22. The van der Waals surface area contributed by atoms with Crippen LogP contribution in [0.2, 0.25) is 0 Å². The van der Waals surface area contributed by atoms with Crippen LogP contribution in [-0.4, -0.2) is 48.3 Å². The SMILES string of the molecule is CN1CCN(c2[nH]nc(N)c2C#N)CC1. The Balaban J connectivity index is 2.20. The van der Waals surface area contributed by atoms with E-state index in [0.29, 0.717) is 5.56 Å². The summed E-state index contributed by atoms with van der Waals surface area (Å²) < 4.78 is 0. The lowest BCUT2D eigenvalue weighted by Gasteiger charge is -2.32. The molecule has 6 nitrogen and oxygen atoms in total. The van der Waals surface area contributed by atoms with E-state index in [9.17, 15) is 0 Å². The molecule has 0 atom stereocenters. The quantitative estimate of drug-likeness (QED) is 0.654. The molecule has 0 spiro atoms. The van der Waals surface area contributed by atoms with Crippen molar-refractivity contribution in [2.24, 2.45) is 0 Å². The summed E-state index contributed by atoms with van der Waals surface area (Å²) in [7, 11) is 2.09. The second kappa shape index (κ2) is 3.79. The number of hydrogen-bond acceptors (Lipinski definition) is 5. The Bertz CT molecular complexity index is 382. The van der Waals surface area contributed by atoms with Crippen LogP contribution in [0.4, 0.5) is 11.6 Å². The summed E-state index contributed by atoms with van der Waals surface area (Å²) in [5, 5.41) is 15.6. The largest absolute Gasteiger partial charge is 0.381 e. The second-order valence-electron chi connectivity index (χ2n) is 3.73. The van der Waals surface area contributed by atoms with Crippen LogP contribution in [0, 0.1) is 11.3 Å². The van der Waals surface area contributed by atoms with Crippen LogP contribution in [0.3, 0.4) is 0 Å². The van der Waals surface area contributed by atoms with Gasteiger partial charge >= 0.3 is 0 Å². The Morgan fingerprint density at radius 1 is 1.40 bits per heavy atom. The molecule has 0 aliphatic carbocycles. The van der Waals surface area contributed by atoms with E-state index in [1.54, 1.807) is 0 Å². The van der Waals surface area contributed by atoms with Crippen molar-refractivity contribution in [3.63, 3.8) is 0 Å². The van der Waals surface area contributed by atoms with Gasteiger partial charge in [-0.25, -0.2) is 0 Å². The van der Waals surface area contributed by atoms with Crippen molar-refractivity contribution in [2.75, 3.05) is 43.9 Å². The number of aromatic nitrogens is 2. The number of nitriles is 1. The van der Waals surface area contributed by atoms with E-state index in [-0.39, 0.29) is 5.82 Å². The first kappa shape index (κ1) is 9.80. The molecular weight excluding hydrogens is 192 g/mol. The van der Waals surface area contributed by atoms with Crippen molar-refractivity contribution in [1.29, 1.82) is 5.26 Å². The maximum absolute atomic E-state index is 8.94. The normalized spacial score (nSPS) is 17.7. The molecule has 15 heavy (non-hydrogen) atoms. The predicted octanol–water partition coefficient (Wildman–Crippen LogP) is -0.385. The standard InChI is InChI=1S/C9H14N6/c1-14-2-4-15(5-3-14)9-7(6-10)8(11)12-13-9/h2-5H2,1H3,(H3,11,12,13). The molecule has 0 aromatic carbocycles. The average molecular weight is 206 g/mol. The van der Waals surface area contributed by atoms with Crippen LogP contribution in [-0.2, 0) is 0 Å². The Morgan fingerprint density at radius 3 is 2.67 bits per heavy atom.